The van der Waals surface area contributed by atoms with Crippen LogP contribution in [-0.4, -0.2) is 29.8 Å². The van der Waals surface area contributed by atoms with E-state index in [1.165, 1.54) is 29.8 Å². The summed E-state index contributed by atoms with van der Waals surface area (Å²) < 4.78 is 13.2. The van der Waals surface area contributed by atoms with Crippen LogP contribution in [0.5, 0.6) is 0 Å². The van der Waals surface area contributed by atoms with Gasteiger partial charge in [-0.2, -0.15) is 0 Å². The third-order valence-electron chi connectivity index (χ3n) is 6.56. The Labute approximate surface area is 200 Å². The van der Waals surface area contributed by atoms with Gasteiger partial charge in [0.1, 0.15) is 5.82 Å². The fraction of sp³-hybridized carbons (Fsp3) is 0.310. The molecular formula is C29H31FN2O2. The van der Waals surface area contributed by atoms with Crippen molar-refractivity contribution < 1.29 is 14.0 Å². The Balaban J connectivity index is 1.32. The number of nitrogens with zero attached hydrogens (tertiary/aromatic N) is 1. The third kappa shape index (κ3) is 6.31. The van der Waals surface area contributed by atoms with E-state index in [-0.39, 0.29) is 29.6 Å². The Hall–Kier alpha value is -3.47. The number of likely N-dealkylation sites (tertiary alicyclic amines) is 1. The van der Waals surface area contributed by atoms with E-state index in [4.69, 9.17) is 0 Å². The summed E-state index contributed by atoms with van der Waals surface area (Å²) in [6.45, 7) is 1.05. The van der Waals surface area contributed by atoms with Gasteiger partial charge < -0.3 is 10.2 Å². The molecule has 3 aromatic rings. The molecule has 3 aromatic carbocycles. The van der Waals surface area contributed by atoms with Crippen LogP contribution in [0.15, 0.2) is 84.9 Å². The molecule has 0 aliphatic carbocycles. The lowest BCUT2D eigenvalue weighted by Gasteiger charge is -2.32. The standard InChI is InChI=1S/C29H31FN2O2/c30-26-16-14-25(15-17-26)29(34)32-20-18-24(19-21-32)28(33)31-27(23-11-5-2-6-12-23)13-7-10-22-8-3-1-4-9-22/h1-6,8-9,11-12,14-17,24,27H,7,10,13,18-21H2,(H,31,33). The molecule has 0 radical (unpaired) electrons. The summed E-state index contributed by atoms with van der Waals surface area (Å²) in [6.07, 6.45) is 4.08. The second-order valence-electron chi connectivity index (χ2n) is 8.92. The van der Waals surface area contributed by atoms with Crippen LogP contribution in [0.1, 0.15) is 53.2 Å². The van der Waals surface area contributed by atoms with Crippen LogP contribution in [0.3, 0.4) is 0 Å². The maximum absolute atomic E-state index is 13.2. The van der Waals surface area contributed by atoms with Gasteiger partial charge in [0.15, 0.2) is 0 Å². The molecule has 0 aromatic heterocycles. The fourth-order valence-corrected chi connectivity index (χ4v) is 4.57. The smallest absolute Gasteiger partial charge is 0.253 e. The summed E-state index contributed by atoms with van der Waals surface area (Å²) >= 11 is 0. The zero-order valence-corrected chi connectivity index (χ0v) is 19.3. The van der Waals surface area contributed by atoms with E-state index in [0.29, 0.717) is 31.5 Å². The van der Waals surface area contributed by atoms with Crippen LogP contribution in [0, 0.1) is 11.7 Å². The molecule has 4 rings (SSSR count). The van der Waals surface area contributed by atoms with Crippen molar-refractivity contribution in [3.63, 3.8) is 0 Å². The second kappa shape index (κ2) is 11.6. The van der Waals surface area contributed by atoms with Gasteiger partial charge in [0.2, 0.25) is 5.91 Å². The molecule has 34 heavy (non-hydrogen) atoms. The minimum atomic E-state index is -0.358. The lowest BCUT2D eigenvalue weighted by molar-refractivity contribution is -0.127. The van der Waals surface area contributed by atoms with Crippen molar-refractivity contribution in [1.29, 1.82) is 0 Å². The fourth-order valence-electron chi connectivity index (χ4n) is 4.57. The molecule has 1 aliphatic heterocycles. The number of rotatable bonds is 8. The number of halogens is 1. The molecule has 176 valence electrons. The van der Waals surface area contributed by atoms with Gasteiger partial charge in [0.05, 0.1) is 6.04 Å². The van der Waals surface area contributed by atoms with E-state index in [9.17, 15) is 14.0 Å². The minimum absolute atomic E-state index is 0.0312. The summed E-state index contributed by atoms with van der Waals surface area (Å²) in [7, 11) is 0. The number of aryl methyl sites for hydroxylation is 1. The molecule has 1 unspecified atom stereocenters. The Bertz CT molecular complexity index is 1060. The first-order chi connectivity index (χ1) is 16.6. The van der Waals surface area contributed by atoms with Crippen LogP contribution in [0.4, 0.5) is 4.39 Å². The first kappa shape index (κ1) is 23.7. The number of amides is 2. The average Bonchev–Trinajstić information content (AvgIpc) is 2.89. The summed E-state index contributed by atoms with van der Waals surface area (Å²) in [4.78, 5) is 27.6. The van der Waals surface area contributed by atoms with Crippen LogP contribution < -0.4 is 5.32 Å². The van der Waals surface area contributed by atoms with Crippen LogP contribution in [-0.2, 0) is 11.2 Å². The van der Waals surface area contributed by atoms with Crippen molar-refractivity contribution in [3.05, 3.63) is 107 Å². The minimum Gasteiger partial charge on any atom is -0.349 e. The SMILES string of the molecule is O=C(NC(CCCc1ccccc1)c1ccccc1)C1CCN(C(=O)c2ccc(F)cc2)CC1. The van der Waals surface area contributed by atoms with Crippen LogP contribution >= 0.6 is 0 Å². The van der Waals surface area contributed by atoms with Gasteiger partial charge in [0, 0.05) is 24.6 Å². The quantitative estimate of drug-likeness (QED) is 0.481. The summed E-state index contributed by atoms with van der Waals surface area (Å²) in [5.74, 6) is -0.523. The highest BCUT2D eigenvalue weighted by molar-refractivity contribution is 5.94. The molecule has 5 heteroatoms. The normalized spacial score (nSPS) is 15.0. The maximum atomic E-state index is 13.2. The number of carbonyl (C=O) groups excluding carboxylic acids is 2. The Morgan fingerprint density at radius 1 is 0.882 bits per heavy atom. The summed E-state index contributed by atoms with van der Waals surface area (Å²) in [5, 5.41) is 3.29. The summed E-state index contributed by atoms with van der Waals surface area (Å²) in [5.41, 5.74) is 2.90. The number of hydrogen-bond acceptors (Lipinski definition) is 2. The predicted octanol–water partition coefficient (Wildman–Crippen LogP) is 5.56. The second-order valence-corrected chi connectivity index (χ2v) is 8.92. The van der Waals surface area contributed by atoms with Gasteiger partial charge in [-0.3, -0.25) is 9.59 Å². The number of hydrogen-bond donors (Lipinski definition) is 1. The first-order valence-corrected chi connectivity index (χ1v) is 12.0. The lowest BCUT2D eigenvalue weighted by Crippen LogP contribution is -2.43. The van der Waals surface area contributed by atoms with Gasteiger partial charge >= 0.3 is 0 Å². The molecule has 1 saturated heterocycles. The van der Waals surface area contributed by atoms with Crippen molar-refractivity contribution in [2.75, 3.05) is 13.1 Å². The van der Waals surface area contributed by atoms with Crippen molar-refractivity contribution in [2.24, 2.45) is 5.92 Å². The van der Waals surface area contributed by atoms with E-state index >= 15 is 0 Å². The van der Waals surface area contributed by atoms with Crippen LogP contribution in [0.2, 0.25) is 0 Å². The topological polar surface area (TPSA) is 49.4 Å². The molecular weight excluding hydrogens is 427 g/mol. The Morgan fingerprint density at radius 2 is 1.50 bits per heavy atom. The number of carbonyl (C=O) groups is 2. The molecule has 1 heterocycles. The van der Waals surface area contributed by atoms with Gasteiger partial charge in [-0.1, -0.05) is 60.7 Å². The molecule has 0 spiro atoms. The first-order valence-electron chi connectivity index (χ1n) is 12.0. The molecule has 2 amide bonds. The molecule has 1 N–H and O–H groups in total. The predicted molar refractivity (Wildman–Crippen MR) is 132 cm³/mol. The zero-order valence-electron chi connectivity index (χ0n) is 19.3. The van der Waals surface area contributed by atoms with Gasteiger partial charge in [0.25, 0.3) is 5.91 Å². The molecule has 1 aliphatic rings. The largest absolute Gasteiger partial charge is 0.349 e. The Morgan fingerprint density at radius 3 is 2.15 bits per heavy atom. The van der Waals surface area contributed by atoms with Crippen molar-refractivity contribution in [3.8, 4) is 0 Å². The molecule has 0 saturated carbocycles. The number of benzene rings is 3. The highest BCUT2D eigenvalue weighted by atomic mass is 19.1. The molecule has 1 atom stereocenters. The summed E-state index contributed by atoms with van der Waals surface area (Å²) in [6, 6.07) is 26.1. The average molecular weight is 459 g/mol. The lowest BCUT2D eigenvalue weighted by atomic mass is 9.93. The van der Waals surface area contributed by atoms with Crippen molar-refractivity contribution in [1.82, 2.24) is 10.2 Å². The molecule has 4 nitrogen and oxygen atoms in total. The maximum Gasteiger partial charge on any atom is 0.253 e. The number of piperidine rings is 1. The van der Waals surface area contributed by atoms with Crippen LogP contribution in [0.25, 0.3) is 0 Å². The number of nitrogens with one attached hydrogen (secondary N) is 1. The monoisotopic (exact) mass is 458 g/mol. The van der Waals surface area contributed by atoms with Crippen molar-refractivity contribution in [2.45, 2.75) is 38.1 Å². The van der Waals surface area contributed by atoms with Gasteiger partial charge in [-0.15, -0.1) is 0 Å². The Kier molecular flexibility index (Phi) is 8.08. The zero-order chi connectivity index (χ0) is 23.8. The molecule has 0 bridgehead atoms. The highest BCUT2D eigenvalue weighted by Crippen LogP contribution is 2.24. The van der Waals surface area contributed by atoms with E-state index < -0.39 is 0 Å². The third-order valence-corrected chi connectivity index (χ3v) is 6.56. The van der Waals surface area contributed by atoms with E-state index in [1.807, 2.05) is 24.3 Å². The van der Waals surface area contributed by atoms with E-state index in [0.717, 1.165) is 24.8 Å². The van der Waals surface area contributed by atoms with Crippen molar-refractivity contribution >= 4 is 11.8 Å². The highest BCUT2D eigenvalue weighted by Gasteiger charge is 2.29. The van der Waals surface area contributed by atoms with E-state index in [2.05, 4.69) is 41.7 Å². The van der Waals surface area contributed by atoms with Gasteiger partial charge in [-0.25, -0.2) is 4.39 Å². The van der Waals surface area contributed by atoms with E-state index in [1.54, 1.807) is 4.90 Å². The van der Waals surface area contributed by atoms with Gasteiger partial charge in [-0.05, 0) is 67.5 Å². The molecule has 1 fully saturated rings.